The first-order chi connectivity index (χ1) is 24.8. The minimum Gasteiger partial charge on any atom is -0.439 e. The number of hydrogen-bond donors (Lipinski definition) is 1. The van der Waals surface area contributed by atoms with Crippen LogP contribution < -0.4 is 9.47 Å². The highest BCUT2D eigenvalue weighted by Gasteiger charge is 2.36. The Bertz CT molecular complexity index is 2030. The molecule has 14 heteroatoms. The zero-order valence-electron chi connectivity index (χ0n) is 29.6. The van der Waals surface area contributed by atoms with Gasteiger partial charge in [0.25, 0.3) is 11.8 Å². The molecule has 5 aromatic rings. The molecule has 10 nitrogen and oxygen atoms in total. The van der Waals surface area contributed by atoms with Gasteiger partial charge in [0.15, 0.2) is 0 Å². The number of amides is 2. The Kier molecular flexibility index (Phi) is 12.6. The van der Waals surface area contributed by atoms with E-state index in [1.54, 1.807) is 70.0 Å². The standard InChI is InChI=1S/C23H21Cl2N3O3.C15H18Cl2N2O2/c1-4-17-20(12-27-21(29)18-7-5-6-8-19(18)22(27)30)26-28(13(2)3)23(17)31-16-10-14(24)9-15(25)11-16;1-4-13-14(8-20)18-19(9(2)3)15(13)21-12-6-10(16)5-11(17)7-12/h5-11,13H,4,12H2,1-3H3;5-7,9,20H,4,8H2,1-3H3. The molecule has 2 aromatic heterocycles. The molecule has 0 radical (unpaired) electrons. The number of imide groups is 1. The predicted octanol–water partition coefficient (Wildman–Crippen LogP) is 10.5. The molecule has 3 heterocycles. The SMILES string of the molecule is CCc1c(CN2C(=O)c3ccccc3C2=O)nn(C(C)C)c1Oc1cc(Cl)cc(Cl)c1.CCc1c(CO)nn(C(C)C)c1Oc1cc(Cl)cc(Cl)c1. The number of aliphatic hydroxyl groups excluding tert-OH is 1. The summed E-state index contributed by atoms with van der Waals surface area (Å²) in [5, 5.41) is 20.5. The molecular formula is C38H39Cl4N5O5. The van der Waals surface area contributed by atoms with Crippen LogP contribution in [-0.4, -0.2) is 41.4 Å². The van der Waals surface area contributed by atoms with Crippen LogP contribution in [0.2, 0.25) is 20.1 Å². The molecule has 6 rings (SSSR count). The van der Waals surface area contributed by atoms with Crippen molar-refractivity contribution in [1.82, 2.24) is 24.5 Å². The third-order valence-corrected chi connectivity index (χ3v) is 9.08. The topological polar surface area (TPSA) is 112 Å². The molecule has 3 aromatic carbocycles. The molecule has 52 heavy (non-hydrogen) atoms. The van der Waals surface area contributed by atoms with Gasteiger partial charge < -0.3 is 14.6 Å². The van der Waals surface area contributed by atoms with Crippen LogP contribution in [0, 0.1) is 0 Å². The van der Waals surface area contributed by atoms with E-state index in [2.05, 4.69) is 5.10 Å². The largest absolute Gasteiger partial charge is 0.439 e. The zero-order chi connectivity index (χ0) is 37.9. The van der Waals surface area contributed by atoms with Gasteiger partial charge in [-0.1, -0.05) is 72.4 Å². The van der Waals surface area contributed by atoms with Crippen molar-refractivity contribution in [2.24, 2.45) is 0 Å². The number of rotatable bonds is 11. The second-order valence-electron chi connectivity index (χ2n) is 12.6. The molecule has 0 aliphatic carbocycles. The average Bonchev–Trinajstić information content (AvgIpc) is 3.70. The van der Waals surface area contributed by atoms with E-state index in [1.807, 2.05) is 41.5 Å². The molecule has 2 amide bonds. The van der Waals surface area contributed by atoms with Gasteiger partial charge in [0.05, 0.1) is 47.8 Å². The lowest BCUT2D eigenvalue weighted by Gasteiger charge is -2.14. The second kappa shape index (κ2) is 16.7. The van der Waals surface area contributed by atoms with Crippen molar-refractivity contribution in [2.75, 3.05) is 0 Å². The second-order valence-corrected chi connectivity index (χ2v) is 14.3. The maximum Gasteiger partial charge on any atom is 0.261 e. The summed E-state index contributed by atoms with van der Waals surface area (Å²) >= 11 is 24.2. The van der Waals surface area contributed by atoms with E-state index in [0.717, 1.165) is 11.1 Å². The summed E-state index contributed by atoms with van der Waals surface area (Å²) in [6, 6.07) is 17.0. The Morgan fingerprint density at radius 3 is 1.40 bits per heavy atom. The summed E-state index contributed by atoms with van der Waals surface area (Å²) < 4.78 is 15.6. The van der Waals surface area contributed by atoms with Crippen molar-refractivity contribution in [3.05, 3.63) is 114 Å². The fourth-order valence-electron chi connectivity index (χ4n) is 5.81. The van der Waals surface area contributed by atoms with Crippen LogP contribution in [0.3, 0.4) is 0 Å². The van der Waals surface area contributed by atoms with E-state index in [9.17, 15) is 14.7 Å². The third-order valence-electron chi connectivity index (χ3n) is 8.21. The summed E-state index contributed by atoms with van der Waals surface area (Å²) in [5.41, 5.74) is 3.80. The van der Waals surface area contributed by atoms with Crippen LogP contribution in [0.25, 0.3) is 0 Å². The van der Waals surface area contributed by atoms with Crippen LogP contribution >= 0.6 is 46.4 Å². The predicted molar refractivity (Wildman–Crippen MR) is 204 cm³/mol. The van der Waals surface area contributed by atoms with Gasteiger partial charge in [-0.3, -0.25) is 14.5 Å². The maximum absolute atomic E-state index is 12.8. The van der Waals surface area contributed by atoms with Crippen LogP contribution in [0.15, 0.2) is 60.7 Å². The van der Waals surface area contributed by atoms with E-state index in [-0.39, 0.29) is 37.0 Å². The highest BCUT2D eigenvalue weighted by atomic mass is 35.5. The first-order valence-corrected chi connectivity index (χ1v) is 18.3. The molecule has 1 N–H and O–H groups in total. The van der Waals surface area contributed by atoms with E-state index in [1.165, 1.54) is 4.90 Å². The third kappa shape index (κ3) is 8.43. The molecule has 0 saturated heterocycles. The first-order valence-electron chi connectivity index (χ1n) is 16.8. The Hall–Kier alpha value is -4.06. The highest BCUT2D eigenvalue weighted by Crippen LogP contribution is 2.36. The summed E-state index contributed by atoms with van der Waals surface area (Å²) in [6.07, 6.45) is 1.32. The lowest BCUT2D eigenvalue weighted by molar-refractivity contribution is 0.0639. The fraction of sp³-hybridized carbons (Fsp3) is 0.316. The number of aromatic nitrogens is 4. The Labute approximate surface area is 322 Å². The minimum atomic E-state index is -0.314. The molecule has 0 bridgehead atoms. The lowest BCUT2D eigenvalue weighted by atomic mass is 10.1. The normalized spacial score (nSPS) is 12.4. The van der Waals surface area contributed by atoms with Gasteiger partial charge in [-0.25, -0.2) is 9.36 Å². The Balaban J connectivity index is 0.000000217. The van der Waals surface area contributed by atoms with Crippen LogP contribution in [0.1, 0.15) is 96.9 Å². The van der Waals surface area contributed by atoms with Crippen molar-refractivity contribution < 1.29 is 24.2 Å². The number of ether oxygens (including phenoxy) is 2. The van der Waals surface area contributed by atoms with Crippen molar-refractivity contribution in [2.45, 2.75) is 79.6 Å². The van der Waals surface area contributed by atoms with Crippen molar-refractivity contribution in [1.29, 1.82) is 0 Å². The van der Waals surface area contributed by atoms with Gasteiger partial charge in [-0.15, -0.1) is 0 Å². The van der Waals surface area contributed by atoms with Crippen molar-refractivity contribution in [3.63, 3.8) is 0 Å². The number of halogens is 4. The molecule has 0 unspecified atom stereocenters. The smallest absolute Gasteiger partial charge is 0.261 e. The Morgan fingerprint density at radius 2 is 1.04 bits per heavy atom. The monoisotopic (exact) mass is 785 g/mol. The molecule has 0 saturated carbocycles. The van der Waals surface area contributed by atoms with Gasteiger partial charge in [0.2, 0.25) is 11.8 Å². The Morgan fingerprint density at radius 1 is 0.654 bits per heavy atom. The number of aliphatic hydroxyl groups is 1. The van der Waals surface area contributed by atoms with E-state index < -0.39 is 0 Å². The van der Waals surface area contributed by atoms with Crippen LogP contribution in [0.4, 0.5) is 0 Å². The number of benzene rings is 3. The fourth-order valence-corrected chi connectivity index (χ4v) is 6.82. The van der Waals surface area contributed by atoms with Gasteiger partial charge in [0.1, 0.15) is 11.5 Å². The molecular weight excluding hydrogens is 748 g/mol. The first kappa shape index (κ1) is 39.2. The van der Waals surface area contributed by atoms with Gasteiger partial charge in [-0.2, -0.15) is 10.2 Å². The number of nitrogens with zero attached hydrogens (tertiary/aromatic N) is 5. The number of carbonyl (C=O) groups excluding carboxylic acids is 2. The molecule has 274 valence electrons. The summed E-state index contributed by atoms with van der Waals surface area (Å²) in [4.78, 5) is 26.9. The molecule has 1 aliphatic heterocycles. The molecule has 1 aliphatic rings. The number of fused-ring (bicyclic) bond motifs is 1. The van der Waals surface area contributed by atoms with E-state index in [0.29, 0.717) is 78.7 Å². The van der Waals surface area contributed by atoms with Crippen molar-refractivity contribution in [3.8, 4) is 23.3 Å². The van der Waals surface area contributed by atoms with E-state index in [4.69, 9.17) is 61.0 Å². The number of hydrogen-bond acceptors (Lipinski definition) is 7. The van der Waals surface area contributed by atoms with Crippen LogP contribution in [-0.2, 0) is 26.0 Å². The molecule has 0 fully saturated rings. The summed E-state index contributed by atoms with van der Waals surface area (Å²) in [6.45, 7) is 11.9. The van der Waals surface area contributed by atoms with Gasteiger partial charge in [-0.05, 0) is 89.1 Å². The average molecular weight is 788 g/mol. The van der Waals surface area contributed by atoms with Crippen LogP contribution in [0.5, 0.6) is 23.3 Å². The minimum absolute atomic E-state index is 0.00844. The van der Waals surface area contributed by atoms with E-state index >= 15 is 0 Å². The summed E-state index contributed by atoms with van der Waals surface area (Å²) in [5.74, 6) is 1.57. The quantitative estimate of drug-likeness (QED) is 0.133. The lowest BCUT2D eigenvalue weighted by Crippen LogP contribution is -2.29. The van der Waals surface area contributed by atoms with Gasteiger partial charge >= 0.3 is 0 Å². The van der Waals surface area contributed by atoms with Gasteiger partial charge in [0, 0.05) is 31.2 Å². The molecule has 0 atom stereocenters. The maximum atomic E-state index is 12.8. The molecule has 0 spiro atoms. The van der Waals surface area contributed by atoms with Crippen molar-refractivity contribution >= 4 is 58.2 Å². The number of carbonyl (C=O) groups is 2. The highest BCUT2D eigenvalue weighted by molar-refractivity contribution is 6.35. The zero-order valence-corrected chi connectivity index (χ0v) is 32.6. The summed E-state index contributed by atoms with van der Waals surface area (Å²) in [7, 11) is 0.